The Kier molecular flexibility index (Phi) is 6.15. The Morgan fingerprint density at radius 3 is 2.61 bits per heavy atom. The average molecular weight is 411 g/mol. The van der Waals surface area contributed by atoms with Crippen molar-refractivity contribution in [3.8, 4) is 0 Å². The van der Waals surface area contributed by atoms with Gasteiger partial charge < -0.3 is 20.0 Å². The van der Waals surface area contributed by atoms with Gasteiger partial charge in [-0.25, -0.2) is 9.18 Å². The highest BCUT2D eigenvalue weighted by Gasteiger charge is 2.50. The molecule has 1 aromatic rings. The maximum absolute atomic E-state index is 13.9. The summed E-state index contributed by atoms with van der Waals surface area (Å²) in [5, 5.41) is 3.28. The van der Waals surface area contributed by atoms with Crippen molar-refractivity contribution >= 4 is 24.3 Å². The number of likely N-dealkylation sites (tertiary alicyclic amines) is 2. The molecule has 0 spiro atoms. The molecule has 6 nitrogen and oxygen atoms in total. The minimum atomic E-state index is -0.298. The van der Waals surface area contributed by atoms with Crippen molar-refractivity contribution in [1.29, 1.82) is 0 Å². The molecule has 8 heteroatoms. The second-order valence-electron chi connectivity index (χ2n) is 8.21. The van der Waals surface area contributed by atoms with E-state index in [0.29, 0.717) is 32.2 Å². The monoisotopic (exact) mass is 410 g/mol. The second kappa shape index (κ2) is 8.25. The number of hydrogen-bond donors (Lipinski definition) is 1. The van der Waals surface area contributed by atoms with Crippen molar-refractivity contribution in [2.75, 3.05) is 40.3 Å². The number of hydrogen-bond acceptors (Lipinski definition) is 3. The minimum absolute atomic E-state index is 0. The number of rotatable bonds is 4. The van der Waals surface area contributed by atoms with Crippen LogP contribution in [-0.4, -0.2) is 73.0 Å². The SMILES string of the molecule is CN(C)C(=O)N1C[C@H]2CN(C(=O)CNC3CC3)C[C@H]2[C@H]1c1cccc(F)c1.Cl. The predicted molar refractivity (Wildman–Crippen MR) is 107 cm³/mol. The molecule has 3 fully saturated rings. The zero-order valence-electron chi connectivity index (χ0n) is 16.3. The third kappa shape index (κ3) is 4.10. The fourth-order valence-electron chi connectivity index (χ4n) is 4.45. The van der Waals surface area contributed by atoms with Crippen molar-refractivity contribution in [1.82, 2.24) is 20.0 Å². The molecular weight excluding hydrogens is 383 g/mol. The fraction of sp³-hybridized carbons (Fsp3) is 0.600. The van der Waals surface area contributed by atoms with E-state index in [1.54, 1.807) is 25.1 Å². The summed E-state index contributed by atoms with van der Waals surface area (Å²) in [5.74, 6) is 0.195. The van der Waals surface area contributed by atoms with Gasteiger partial charge in [-0.2, -0.15) is 0 Å². The Bertz CT molecular complexity index is 743. The lowest BCUT2D eigenvalue weighted by Gasteiger charge is -2.32. The van der Waals surface area contributed by atoms with Gasteiger partial charge in [-0.1, -0.05) is 12.1 Å². The van der Waals surface area contributed by atoms with Crippen molar-refractivity contribution in [2.45, 2.75) is 24.9 Å². The van der Waals surface area contributed by atoms with Gasteiger partial charge >= 0.3 is 6.03 Å². The van der Waals surface area contributed by atoms with E-state index in [1.165, 1.54) is 12.1 Å². The number of carbonyl (C=O) groups is 2. The normalized spacial score (nSPS) is 26.0. The molecule has 0 aromatic heterocycles. The maximum Gasteiger partial charge on any atom is 0.320 e. The lowest BCUT2D eigenvalue weighted by atomic mass is 9.89. The van der Waals surface area contributed by atoms with E-state index in [2.05, 4.69) is 5.32 Å². The molecule has 0 radical (unpaired) electrons. The van der Waals surface area contributed by atoms with Gasteiger partial charge in [0.1, 0.15) is 5.82 Å². The summed E-state index contributed by atoms with van der Waals surface area (Å²) in [5.41, 5.74) is 0.808. The van der Waals surface area contributed by atoms with Crippen LogP contribution in [0, 0.1) is 17.7 Å². The summed E-state index contributed by atoms with van der Waals surface area (Å²) >= 11 is 0. The highest BCUT2D eigenvalue weighted by Crippen LogP contribution is 2.45. The highest BCUT2D eigenvalue weighted by molar-refractivity contribution is 5.85. The molecule has 154 valence electrons. The quantitative estimate of drug-likeness (QED) is 0.827. The molecule has 2 heterocycles. The molecule has 1 N–H and O–H groups in total. The van der Waals surface area contributed by atoms with Crippen LogP contribution >= 0.6 is 12.4 Å². The van der Waals surface area contributed by atoms with Crippen LogP contribution < -0.4 is 5.32 Å². The summed E-state index contributed by atoms with van der Waals surface area (Å²) in [6.45, 7) is 2.27. The summed E-state index contributed by atoms with van der Waals surface area (Å²) < 4.78 is 13.9. The van der Waals surface area contributed by atoms with Crippen LogP contribution in [0.5, 0.6) is 0 Å². The maximum atomic E-state index is 13.9. The van der Waals surface area contributed by atoms with Crippen LogP contribution in [0.15, 0.2) is 24.3 Å². The highest BCUT2D eigenvalue weighted by atomic mass is 35.5. The van der Waals surface area contributed by atoms with Crippen molar-refractivity contribution in [3.05, 3.63) is 35.6 Å². The van der Waals surface area contributed by atoms with Crippen molar-refractivity contribution < 1.29 is 14.0 Å². The molecule has 1 aliphatic carbocycles. The number of amides is 3. The Morgan fingerprint density at radius 1 is 1.21 bits per heavy atom. The van der Waals surface area contributed by atoms with E-state index < -0.39 is 0 Å². The Labute approximate surface area is 171 Å². The summed E-state index contributed by atoms with van der Waals surface area (Å²) in [7, 11) is 3.47. The van der Waals surface area contributed by atoms with E-state index in [0.717, 1.165) is 18.4 Å². The zero-order valence-corrected chi connectivity index (χ0v) is 17.1. The Balaban J connectivity index is 0.00000225. The lowest BCUT2D eigenvalue weighted by molar-refractivity contribution is -0.129. The van der Waals surface area contributed by atoms with Gasteiger partial charge in [-0.15, -0.1) is 12.4 Å². The van der Waals surface area contributed by atoms with E-state index >= 15 is 0 Å². The van der Waals surface area contributed by atoms with Gasteiger partial charge in [0, 0.05) is 51.6 Å². The molecule has 3 amide bonds. The first-order valence-corrected chi connectivity index (χ1v) is 9.68. The molecule has 3 atom stereocenters. The number of fused-ring (bicyclic) bond motifs is 1. The molecule has 2 saturated heterocycles. The van der Waals surface area contributed by atoms with Gasteiger partial charge in [0.2, 0.25) is 5.91 Å². The molecule has 4 rings (SSSR count). The van der Waals surface area contributed by atoms with Gasteiger partial charge in [0.05, 0.1) is 12.6 Å². The number of carbonyl (C=O) groups excluding carboxylic acids is 2. The third-order valence-corrected chi connectivity index (χ3v) is 5.95. The Morgan fingerprint density at radius 2 is 1.96 bits per heavy atom. The number of urea groups is 1. The average Bonchev–Trinajstić information content (AvgIpc) is 3.26. The van der Waals surface area contributed by atoms with E-state index in [1.807, 2.05) is 15.9 Å². The van der Waals surface area contributed by atoms with Crippen LogP contribution in [0.25, 0.3) is 0 Å². The first-order valence-electron chi connectivity index (χ1n) is 9.68. The van der Waals surface area contributed by atoms with E-state index in [4.69, 9.17) is 0 Å². The molecule has 1 saturated carbocycles. The number of nitrogens with zero attached hydrogens (tertiary/aromatic N) is 3. The molecule has 2 aliphatic heterocycles. The number of nitrogens with one attached hydrogen (secondary N) is 1. The number of benzene rings is 1. The van der Waals surface area contributed by atoms with Crippen LogP contribution in [0.3, 0.4) is 0 Å². The van der Waals surface area contributed by atoms with Crippen LogP contribution in [0.2, 0.25) is 0 Å². The van der Waals surface area contributed by atoms with Gasteiger partial charge in [-0.3, -0.25) is 4.79 Å². The van der Waals surface area contributed by atoms with Crippen molar-refractivity contribution in [3.63, 3.8) is 0 Å². The Hall–Kier alpha value is -1.86. The van der Waals surface area contributed by atoms with Crippen LogP contribution in [-0.2, 0) is 4.79 Å². The standard InChI is InChI=1S/C20H27FN4O2.ClH/c1-23(2)20(27)25-11-14-10-24(18(26)9-22-16-6-7-16)12-17(14)19(25)13-4-3-5-15(21)8-13;/h3-5,8,14,16-17,19,22H,6-7,9-12H2,1-2H3;1H/t14-,17-,19-;/m1./s1. The topological polar surface area (TPSA) is 55.9 Å². The third-order valence-electron chi connectivity index (χ3n) is 5.95. The lowest BCUT2D eigenvalue weighted by Crippen LogP contribution is -2.43. The summed E-state index contributed by atoms with van der Waals surface area (Å²) in [6.07, 6.45) is 2.31. The van der Waals surface area contributed by atoms with E-state index in [-0.39, 0.29) is 48.0 Å². The van der Waals surface area contributed by atoms with Gasteiger partial charge in [0.15, 0.2) is 0 Å². The summed E-state index contributed by atoms with van der Waals surface area (Å²) in [6, 6.07) is 6.74. The number of halogens is 2. The molecule has 3 aliphatic rings. The fourth-order valence-corrected chi connectivity index (χ4v) is 4.45. The molecular formula is C20H28ClFN4O2. The minimum Gasteiger partial charge on any atom is -0.341 e. The first-order chi connectivity index (χ1) is 12.9. The zero-order chi connectivity index (χ0) is 19.1. The van der Waals surface area contributed by atoms with Gasteiger partial charge in [-0.05, 0) is 30.5 Å². The smallest absolute Gasteiger partial charge is 0.320 e. The van der Waals surface area contributed by atoms with Gasteiger partial charge in [0.25, 0.3) is 0 Å². The second-order valence-corrected chi connectivity index (χ2v) is 8.21. The molecule has 1 aromatic carbocycles. The largest absolute Gasteiger partial charge is 0.341 e. The van der Waals surface area contributed by atoms with Crippen molar-refractivity contribution in [2.24, 2.45) is 11.8 Å². The van der Waals surface area contributed by atoms with Crippen LogP contribution in [0.4, 0.5) is 9.18 Å². The first kappa shape index (κ1) is 20.9. The van der Waals surface area contributed by atoms with E-state index in [9.17, 15) is 14.0 Å². The molecule has 28 heavy (non-hydrogen) atoms. The molecule has 0 bridgehead atoms. The van der Waals surface area contributed by atoms with Crippen LogP contribution in [0.1, 0.15) is 24.4 Å². The predicted octanol–water partition coefficient (Wildman–Crippen LogP) is 2.11. The molecule has 0 unspecified atom stereocenters. The summed E-state index contributed by atoms with van der Waals surface area (Å²) in [4.78, 5) is 30.6.